The minimum absolute atomic E-state index is 0.0243. The van der Waals surface area contributed by atoms with Crippen molar-refractivity contribution in [2.45, 2.75) is 32.7 Å². The van der Waals surface area contributed by atoms with Crippen LogP contribution in [0, 0.1) is 6.92 Å². The van der Waals surface area contributed by atoms with Crippen molar-refractivity contribution in [3.05, 3.63) is 92.9 Å². The number of thiazole rings is 1. The third-order valence-corrected chi connectivity index (χ3v) is 7.64. The maximum absolute atomic E-state index is 13.4. The van der Waals surface area contributed by atoms with Crippen molar-refractivity contribution in [1.82, 2.24) is 4.98 Å². The number of aromatic nitrogens is 1. The van der Waals surface area contributed by atoms with Gasteiger partial charge in [0.25, 0.3) is 5.78 Å². The summed E-state index contributed by atoms with van der Waals surface area (Å²) in [7, 11) is 0. The minimum Gasteiger partial charge on any atom is -0.507 e. The summed E-state index contributed by atoms with van der Waals surface area (Å²) in [5.41, 5.74) is 1.21. The number of aliphatic hydroxyl groups excluding tert-OH is 1. The van der Waals surface area contributed by atoms with Crippen molar-refractivity contribution in [3.63, 3.8) is 0 Å². The fraction of sp³-hybridized carbons (Fsp3) is 0.241. The summed E-state index contributed by atoms with van der Waals surface area (Å²) in [6.45, 7) is 7.84. The number of aryl methyl sites for hydroxylation is 1. The molecule has 0 radical (unpaired) electrons. The quantitative estimate of drug-likeness (QED) is 0.0710. The van der Waals surface area contributed by atoms with E-state index in [9.17, 15) is 19.5 Å². The molecule has 1 aromatic heterocycles. The first kappa shape index (κ1) is 28.3. The van der Waals surface area contributed by atoms with Gasteiger partial charge in [0, 0.05) is 10.0 Å². The zero-order chi connectivity index (χ0) is 28.1. The van der Waals surface area contributed by atoms with Gasteiger partial charge in [-0.2, -0.15) is 0 Å². The van der Waals surface area contributed by atoms with Crippen molar-refractivity contribution < 1.29 is 29.0 Å². The standard InChI is InChI=1S/C29H27BrN2O6S/c1-4-6-15-37-21-12-10-18(11-13-21)24(33)22-23(19-8-7-9-20(30)16-19)32(27(35)25(22)34)29-31-17(3)26(39-29)28(36)38-14-5-2/h5,7-13,16,23,33H,2,4,6,14-15H2,1,3H3/b24-22-. The third kappa shape index (κ3) is 5.97. The molecule has 0 spiro atoms. The Morgan fingerprint density at radius 2 is 1.97 bits per heavy atom. The second-order valence-electron chi connectivity index (χ2n) is 8.75. The smallest absolute Gasteiger partial charge is 0.350 e. The van der Waals surface area contributed by atoms with Gasteiger partial charge in [-0.3, -0.25) is 14.5 Å². The van der Waals surface area contributed by atoms with Crippen molar-refractivity contribution in [2.24, 2.45) is 0 Å². The van der Waals surface area contributed by atoms with Crippen LogP contribution >= 0.6 is 27.3 Å². The lowest BCUT2D eigenvalue weighted by Gasteiger charge is -2.23. The molecule has 1 saturated heterocycles. The molecule has 3 aromatic rings. The number of carbonyl (C=O) groups is 3. The van der Waals surface area contributed by atoms with E-state index in [-0.39, 0.29) is 27.9 Å². The molecule has 39 heavy (non-hydrogen) atoms. The van der Waals surface area contributed by atoms with Gasteiger partial charge in [0.05, 0.1) is 23.9 Å². The number of anilines is 1. The zero-order valence-corrected chi connectivity index (χ0v) is 23.9. The summed E-state index contributed by atoms with van der Waals surface area (Å²) in [6, 6.07) is 12.8. The molecule has 2 heterocycles. The van der Waals surface area contributed by atoms with E-state index in [2.05, 4.69) is 34.4 Å². The second-order valence-corrected chi connectivity index (χ2v) is 10.6. The number of carbonyl (C=O) groups excluding carboxylic acids is 3. The number of halogens is 1. The van der Waals surface area contributed by atoms with E-state index in [1.54, 1.807) is 49.4 Å². The number of nitrogens with zero attached hydrogens (tertiary/aromatic N) is 2. The van der Waals surface area contributed by atoms with E-state index in [1.807, 2.05) is 6.07 Å². The van der Waals surface area contributed by atoms with Gasteiger partial charge in [-0.25, -0.2) is 9.78 Å². The van der Waals surface area contributed by atoms with Crippen LogP contribution in [0.25, 0.3) is 5.76 Å². The number of benzene rings is 2. The number of ketones is 1. The molecule has 2 aromatic carbocycles. The van der Waals surface area contributed by atoms with Gasteiger partial charge in [-0.1, -0.05) is 65.4 Å². The van der Waals surface area contributed by atoms with Crippen LogP contribution in [-0.2, 0) is 14.3 Å². The largest absolute Gasteiger partial charge is 0.507 e. The SMILES string of the molecule is C=CCOC(=O)c1sc(N2C(=O)C(=O)/C(=C(\O)c3ccc(OCCCC)cc3)C2c2cccc(Br)c2)nc1C. The lowest BCUT2D eigenvalue weighted by atomic mass is 9.95. The Balaban J connectivity index is 1.80. The Hall–Kier alpha value is -3.76. The number of hydrogen-bond acceptors (Lipinski definition) is 8. The van der Waals surface area contributed by atoms with Crippen LogP contribution in [0.2, 0.25) is 0 Å². The Morgan fingerprint density at radius 3 is 2.64 bits per heavy atom. The number of Topliss-reactive ketones (excluding diaryl/α,β-unsaturated/α-hetero) is 1. The summed E-state index contributed by atoms with van der Waals surface area (Å²) in [4.78, 5) is 45.2. The normalized spacial score (nSPS) is 16.4. The first-order chi connectivity index (χ1) is 18.8. The number of unbranched alkanes of at least 4 members (excludes halogenated alkanes) is 1. The van der Waals surface area contributed by atoms with Crippen LogP contribution in [0.3, 0.4) is 0 Å². The predicted octanol–water partition coefficient (Wildman–Crippen LogP) is 6.36. The number of esters is 1. The average Bonchev–Trinajstić information content (AvgIpc) is 3.44. The van der Waals surface area contributed by atoms with Gasteiger partial charge in [-0.05, 0) is 55.3 Å². The molecule has 8 nitrogen and oxygen atoms in total. The molecule has 1 amide bonds. The first-order valence-electron chi connectivity index (χ1n) is 12.3. The summed E-state index contributed by atoms with van der Waals surface area (Å²) in [5, 5.41) is 11.5. The summed E-state index contributed by atoms with van der Waals surface area (Å²) in [5.74, 6) is -2.00. The van der Waals surface area contributed by atoms with Crippen LogP contribution in [0.5, 0.6) is 5.75 Å². The summed E-state index contributed by atoms with van der Waals surface area (Å²) < 4.78 is 11.6. The number of aliphatic hydroxyl groups is 1. The average molecular weight is 612 g/mol. The zero-order valence-electron chi connectivity index (χ0n) is 21.5. The van der Waals surface area contributed by atoms with Gasteiger partial charge < -0.3 is 14.6 Å². The molecule has 0 aliphatic carbocycles. The number of amides is 1. The number of hydrogen-bond donors (Lipinski definition) is 1. The van der Waals surface area contributed by atoms with Crippen LogP contribution in [0.15, 0.2) is 71.2 Å². The third-order valence-electron chi connectivity index (χ3n) is 6.01. The van der Waals surface area contributed by atoms with E-state index in [0.717, 1.165) is 28.7 Å². The van der Waals surface area contributed by atoms with Crippen LogP contribution in [0.4, 0.5) is 5.13 Å². The fourth-order valence-electron chi connectivity index (χ4n) is 4.10. The topological polar surface area (TPSA) is 106 Å². The van der Waals surface area contributed by atoms with E-state index in [1.165, 1.54) is 11.0 Å². The Bertz CT molecular complexity index is 1450. The van der Waals surface area contributed by atoms with Crippen LogP contribution < -0.4 is 9.64 Å². The number of rotatable bonds is 10. The van der Waals surface area contributed by atoms with Crippen molar-refractivity contribution >= 4 is 55.8 Å². The monoisotopic (exact) mass is 610 g/mol. The first-order valence-corrected chi connectivity index (χ1v) is 13.9. The summed E-state index contributed by atoms with van der Waals surface area (Å²) >= 11 is 4.39. The highest BCUT2D eigenvalue weighted by Crippen LogP contribution is 2.44. The molecule has 1 atom stereocenters. The van der Waals surface area contributed by atoms with E-state index < -0.39 is 23.7 Å². The van der Waals surface area contributed by atoms with Crippen molar-refractivity contribution in [2.75, 3.05) is 18.1 Å². The molecule has 1 N–H and O–H groups in total. The highest BCUT2D eigenvalue weighted by atomic mass is 79.9. The van der Waals surface area contributed by atoms with Gasteiger partial charge in [0.1, 0.15) is 23.0 Å². The van der Waals surface area contributed by atoms with Gasteiger partial charge in [-0.15, -0.1) is 0 Å². The fourth-order valence-corrected chi connectivity index (χ4v) is 5.50. The Kier molecular flexibility index (Phi) is 8.98. The van der Waals surface area contributed by atoms with E-state index in [4.69, 9.17) is 9.47 Å². The van der Waals surface area contributed by atoms with Crippen LogP contribution in [-0.4, -0.2) is 41.0 Å². The van der Waals surface area contributed by atoms with Crippen LogP contribution in [0.1, 0.15) is 52.3 Å². The summed E-state index contributed by atoms with van der Waals surface area (Å²) in [6.07, 6.45) is 3.37. The van der Waals surface area contributed by atoms with Crippen molar-refractivity contribution in [1.29, 1.82) is 0 Å². The lowest BCUT2D eigenvalue weighted by Crippen LogP contribution is -2.29. The van der Waals surface area contributed by atoms with Gasteiger partial charge in [0.15, 0.2) is 5.13 Å². The molecule has 0 saturated carbocycles. The minimum atomic E-state index is -0.981. The maximum atomic E-state index is 13.4. The maximum Gasteiger partial charge on any atom is 0.350 e. The lowest BCUT2D eigenvalue weighted by molar-refractivity contribution is -0.132. The molecule has 202 valence electrons. The highest BCUT2D eigenvalue weighted by Gasteiger charge is 2.48. The molecule has 4 rings (SSSR count). The van der Waals surface area contributed by atoms with Gasteiger partial charge >= 0.3 is 11.9 Å². The van der Waals surface area contributed by atoms with E-state index in [0.29, 0.717) is 29.2 Å². The molecular formula is C29H27BrN2O6S. The highest BCUT2D eigenvalue weighted by molar-refractivity contribution is 9.10. The molecule has 1 aliphatic heterocycles. The molecule has 10 heteroatoms. The molecular weight excluding hydrogens is 584 g/mol. The van der Waals surface area contributed by atoms with Crippen molar-refractivity contribution in [3.8, 4) is 5.75 Å². The second kappa shape index (κ2) is 12.4. The number of ether oxygens (including phenoxy) is 2. The molecule has 1 fully saturated rings. The Labute approximate surface area is 238 Å². The molecule has 1 unspecified atom stereocenters. The molecule has 0 bridgehead atoms. The van der Waals surface area contributed by atoms with Gasteiger partial charge in [0.2, 0.25) is 0 Å². The predicted molar refractivity (Wildman–Crippen MR) is 153 cm³/mol. The molecule has 1 aliphatic rings. The Morgan fingerprint density at radius 1 is 1.23 bits per heavy atom. The van der Waals surface area contributed by atoms with E-state index >= 15 is 0 Å².